The molecule has 6 heteroatoms. The zero-order valence-corrected chi connectivity index (χ0v) is 15.9. The number of aliphatic hydroxyl groups excluding tert-OH is 1. The molecule has 6 nitrogen and oxygen atoms in total. The normalized spacial score (nSPS) is 16.9. The molecule has 146 valence electrons. The highest BCUT2D eigenvalue weighted by atomic mass is 16.3. The largest absolute Gasteiger partial charge is 0.508 e. The van der Waals surface area contributed by atoms with Crippen LogP contribution in [0.3, 0.4) is 0 Å². The van der Waals surface area contributed by atoms with E-state index in [0.717, 1.165) is 43.7 Å². The predicted molar refractivity (Wildman–Crippen MR) is 107 cm³/mol. The second kappa shape index (κ2) is 8.54. The van der Waals surface area contributed by atoms with Crippen LogP contribution in [0.4, 0.5) is 0 Å². The summed E-state index contributed by atoms with van der Waals surface area (Å²) in [4.78, 5) is 2.39. The van der Waals surface area contributed by atoms with Crippen molar-refractivity contribution in [2.75, 3.05) is 19.7 Å². The van der Waals surface area contributed by atoms with E-state index in [1.807, 2.05) is 48.7 Å². The van der Waals surface area contributed by atoms with E-state index in [1.165, 1.54) is 5.56 Å². The summed E-state index contributed by atoms with van der Waals surface area (Å²) in [5, 5.41) is 28.1. The lowest BCUT2D eigenvalue weighted by atomic mass is 9.89. The number of piperidine rings is 1. The number of aromatic nitrogens is 3. The van der Waals surface area contributed by atoms with Gasteiger partial charge in [-0.1, -0.05) is 47.7 Å². The lowest BCUT2D eigenvalue weighted by Crippen LogP contribution is -2.32. The molecule has 2 aromatic carbocycles. The van der Waals surface area contributed by atoms with Gasteiger partial charge in [-0.2, -0.15) is 0 Å². The summed E-state index contributed by atoms with van der Waals surface area (Å²) in [5.74, 6) is 0.837. The monoisotopic (exact) mass is 378 g/mol. The van der Waals surface area contributed by atoms with Crippen LogP contribution in [0.1, 0.15) is 41.6 Å². The van der Waals surface area contributed by atoms with Gasteiger partial charge < -0.3 is 10.2 Å². The minimum Gasteiger partial charge on any atom is -0.508 e. The highest BCUT2D eigenvalue weighted by Crippen LogP contribution is 2.30. The number of aromatic hydroxyl groups is 1. The molecule has 1 aliphatic heterocycles. The number of phenols is 1. The van der Waals surface area contributed by atoms with Crippen LogP contribution in [0, 0.1) is 0 Å². The first-order valence-corrected chi connectivity index (χ1v) is 9.80. The van der Waals surface area contributed by atoms with E-state index in [4.69, 9.17) is 0 Å². The Bertz CT molecular complexity index is 888. The van der Waals surface area contributed by atoms with Gasteiger partial charge in [0.2, 0.25) is 0 Å². The highest BCUT2D eigenvalue weighted by Gasteiger charge is 2.22. The Morgan fingerprint density at radius 3 is 2.54 bits per heavy atom. The first kappa shape index (κ1) is 18.7. The van der Waals surface area contributed by atoms with E-state index in [9.17, 15) is 10.2 Å². The molecule has 1 aliphatic rings. The quantitative estimate of drug-likeness (QED) is 0.690. The van der Waals surface area contributed by atoms with Crippen LogP contribution in [0.5, 0.6) is 5.75 Å². The van der Waals surface area contributed by atoms with Crippen molar-refractivity contribution >= 4 is 0 Å². The summed E-state index contributed by atoms with van der Waals surface area (Å²) in [6.07, 6.45) is 4.08. The van der Waals surface area contributed by atoms with Crippen molar-refractivity contribution in [3.05, 3.63) is 77.6 Å². The maximum Gasteiger partial charge on any atom is 0.115 e. The Labute approximate surface area is 165 Å². The average Bonchev–Trinajstić information content (AvgIpc) is 3.18. The number of aliphatic hydroxyl groups is 1. The lowest BCUT2D eigenvalue weighted by Gasteiger charge is -2.31. The molecule has 4 rings (SSSR count). The number of nitrogens with zero attached hydrogens (tertiary/aromatic N) is 4. The van der Waals surface area contributed by atoms with Crippen LogP contribution in [0.15, 0.2) is 60.8 Å². The van der Waals surface area contributed by atoms with Crippen LogP contribution in [0.2, 0.25) is 0 Å². The molecule has 0 aliphatic carbocycles. The predicted octanol–water partition coefficient (Wildman–Crippen LogP) is 2.95. The zero-order valence-electron chi connectivity index (χ0n) is 15.9. The number of rotatable bonds is 6. The molecule has 0 unspecified atom stereocenters. The van der Waals surface area contributed by atoms with Gasteiger partial charge in [-0.3, -0.25) is 4.90 Å². The third-order valence-corrected chi connectivity index (χ3v) is 5.55. The number of hydrogen-bond acceptors (Lipinski definition) is 5. The zero-order chi connectivity index (χ0) is 19.3. The molecule has 1 saturated heterocycles. The molecule has 1 fully saturated rings. The van der Waals surface area contributed by atoms with Crippen molar-refractivity contribution in [2.45, 2.75) is 31.3 Å². The molecule has 0 radical (unpaired) electrons. The van der Waals surface area contributed by atoms with Gasteiger partial charge in [0, 0.05) is 6.54 Å². The fourth-order valence-electron chi connectivity index (χ4n) is 3.99. The minimum absolute atomic E-state index is 0.0118. The summed E-state index contributed by atoms with van der Waals surface area (Å²) in [5.41, 5.74) is 3.16. The fraction of sp³-hybridized carbons (Fsp3) is 0.364. The van der Waals surface area contributed by atoms with Crippen molar-refractivity contribution in [2.24, 2.45) is 0 Å². The van der Waals surface area contributed by atoms with Crippen molar-refractivity contribution < 1.29 is 10.2 Å². The molecular weight excluding hydrogens is 352 g/mol. The number of benzene rings is 2. The number of likely N-dealkylation sites (tertiary alicyclic amines) is 1. The van der Waals surface area contributed by atoms with E-state index in [-0.39, 0.29) is 12.6 Å². The van der Waals surface area contributed by atoms with E-state index < -0.39 is 0 Å². The van der Waals surface area contributed by atoms with Crippen LogP contribution < -0.4 is 0 Å². The smallest absolute Gasteiger partial charge is 0.115 e. The van der Waals surface area contributed by atoms with Gasteiger partial charge in [-0.25, -0.2) is 4.68 Å². The summed E-state index contributed by atoms with van der Waals surface area (Å²) >= 11 is 0. The molecule has 0 saturated carbocycles. The summed E-state index contributed by atoms with van der Waals surface area (Å²) in [6.45, 7) is 2.74. The third kappa shape index (κ3) is 4.24. The van der Waals surface area contributed by atoms with E-state index in [2.05, 4.69) is 21.3 Å². The maximum atomic E-state index is 9.80. The Morgan fingerprint density at radius 2 is 1.82 bits per heavy atom. The molecule has 3 aromatic rings. The maximum absolute atomic E-state index is 9.80. The third-order valence-electron chi connectivity index (χ3n) is 5.55. The first-order chi connectivity index (χ1) is 13.7. The number of phenolic OH excluding ortho intramolecular Hbond substituents is 1. The van der Waals surface area contributed by atoms with Crippen molar-refractivity contribution in [1.82, 2.24) is 19.9 Å². The molecular formula is C22H26N4O2. The van der Waals surface area contributed by atoms with Crippen molar-refractivity contribution in [3.8, 4) is 5.75 Å². The van der Waals surface area contributed by atoms with Crippen LogP contribution in [-0.2, 0) is 6.54 Å². The molecule has 1 atom stereocenters. The summed E-state index contributed by atoms with van der Waals surface area (Å²) in [7, 11) is 0. The lowest BCUT2D eigenvalue weighted by molar-refractivity contribution is 0.202. The van der Waals surface area contributed by atoms with Crippen molar-refractivity contribution in [3.63, 3.8) is 0 Å². The fourth-order valence-corrected chi connectivity index (χ4v) is 3.99. The highest BCUT2D eigenvalue weighted by molar-refractivity contribution is 5.30. The summed E-state index contributed by atoms with van der Waals surface area (Å²) < 4.78 is 1.75. The second-order valence-corrected chi connectivity index (χ2v) is 7.44. The standard InChI is InChI=1S/C22H26N4O2/c27-16-22(18-5-2-1-3-6-18)26-15-20(23-24-26)14-25-11-9-17(10-12-25)19-7-4-8-21(28)13-19/h1-8,13,15,17,22,27-28H,9-12,14,16H2/t22-/m1/s1. The van der Waals surface area contributed by atoms with E-state index >= 15 is 0 Å². The van der Waals surface area contributed by atoms with Crippen LogP contribution in [0.25, 0.3) is 0 Å². The molecule has 1 aromatic heterocycles. The molecule has 0 bridgehead atoms. The number of hydrogen-bond donors (Lipinski definition) is 2. The van der Waals surface area contributed by atoms with Gasteiger partial charge >= 0.3 is 0 Å². The van der Waals surface area contributed by atoms with Crippen LogP contribution >= 0.6 is 0 Å². The first-order valence-electron chi connectivity index (χ1n) is 9.80. The average molecular weight is 378 g/mol. The Balaban J connectivity index is 1.36. The summed E-state index contributed by atoms with van der Waals surface area (Å²) in [6, 6.07) is 17.3. The topological polar surface area (TPSA) is 74.4 Å². The minimum atomic E-state index is -0.209. The second-order valence-electron chi connectivity index (χ2n) is 7.44. The molecule has 0 spiro atoms. The van der Waals surface area contributed by atoms with Gasteiger partial charge in [0.25, 0.3) is 0 Å². The van der Waals surface area contributed by atoms with Crippen LogP contribution in [-0.4, -0.2) is 49.8 Å². The Morgan fingerprint density at radius 1 is 1.04 bits per heavy atom. The van der Waals surface area contributed by atoms with Crippen molar-refractivity contribution in [1.29, 1.82) is 0 Å². The Hall–Kier alpha value is -2.70. The van der Waals surface area contributed by atoms with Gasteiger partial charge in [-0.15, -0.1) is 5.10 Å². The molecule has 2 heterocycles. The molecule has 2 N–H and O–H groups in total. The van der Waals surface area contributed by atoms with E-state index in [0.29, 0.717) is 11.7 Å². The SMILES string of the molecule is OC[C@H](c1ccccc1)n1cc(CN2CCC(c3cccc(O)c3)CC2)nn1. The van der Waals surface area contributed by atoms with Gasteiger partial charge in [0.05, 0.1) is 18.5 Å². The van der Waals surface area contributed by atoms with Gasteiger partial charge in [-0.05, 0) is 55.1 Å². The van der Waals surface area contributed by atoms with Gasteiger partial charge in [0.15, 0.2) is 0 Å². The Kier molecular flexibility index (Phi) is 5.69. The van der Waals surface area contributed by atoms with E-state index in [1.54, 1.807) is 10.7 Å². The molecule has 28 heavy (non-hydrogen) atoms. The molecule has 0 amide bonds. The van der Waals surface area contributed by atoms with Gasteiger partial charge in [0.1, 0.15) is 11.8 Å².